The van der Waals surface area contributed by atoms with Crippen molar-refractivity contribution in [1.29, 1.82) is 0 Å². The van der Waals surface area contributed by atoms with Crippen molar-refractivity contribution in [2.24, 2.45) is 5.16 Å². The number of hydrogen-bond donors (Lipinski definition) is 0. The highest BCUT2D eigenvalue weighted by Gasteiger charge is 2.23. The maximum absolute atomic E-state index is 13.4. The quantitative estimate of drug-likeness (QED) is 0.268. The summed E-state index contributed by atoms with van der Waals surface area (Å²) in [4.78, 5) is 18.9. The van der Waals surface area contributed by atoms with Crippen LogP contribution in [-0.4, -0.2) is 24.7 Å². The highest BCUT2D eigenvalue weighted by molar-refractivity contribution is 6.11. The van der Waals surface area contributed by atoms with Gasteiger partial charge in [0, 0.05) is 24.3 Å². The number of ketones is 1. The van der Waals surface area contributed by atoms with Gasteiger partial charge in [0.05, 0.1) is 11.3 Å². The van der Waals surface area contributed by atoms with Crippen molar-refractivity contribution in [3.8, 4) is 5.75 Å². The second kappa shape index (κ2) is 10.00. The number of para-hydroxylation sites is 1. The number of aryl methyl sites for hydroxylation is 1. The van der Waals surface area contributed by atoms with Crippen LogP contribution in [0.25, 0.3) is 0 Å². The lowest BCUT2D eigenvalue weighted by Gasteiger charge is -2.20. The molecule has 0 atom stereocenters. The number of benzene rings is 2. The second-order valence-corrected chi connectivity index (χ2v) is 6.24. The third-order valence-corrected chi connectivity index (χ3v) is 3.87. The number of rotatable bonds is 9. The minimum atomic E-state index is -0.592. The lowest BCUT2D eigenvalue weighted by Crippen LogP contribution is -2.15. The molecule has 0 N–H and O–H groups in total. The molecule has 2 rings (SSSR count). The molecule has 2 aromatic carbocycles. The average molecular weight is 369 g/mol. The molecular formula is C22H27NO4. The summed E-state index contributed by atoms with van der Waals surface area (Å²) < 4.78 is 11.4. The van der Waals surface area contributed by atoms with Crippen LogP contribution in [0.15, 0.2) is 47.6 Å². The fraction of sp³-hybridized carbons (Fsp3) is 0.364. The van der Waals surface area contributed by atoms with Gasteiger partial charge >= 0.3 is 0 Å². The normalized spacial score (nSPS) is 10.7. The number of oxime groups is 1. The Bertz CT molecular complexity index is 804. The van der Waals surface area contributed by atoms with Crippen molar-refractivity contribution in [3.63, 3.8) is 0 Å². The second-order valence-electron chi connectivity index (χ2n) is 6.24. The first-order valence-electron chi connectivity index (χ1n) is 9.14. The molecule has 0 saturated heterocycles. The van der Waals surface area contributed by atoms with Crippen molar-refractivity contribution in [2.75, 3.05) is 13.2 Å². The zero-order valence-electron chi connectivity index (χ0n) is 16.6. The smallest absolute Gasteiger partial charge is 0.197 e. The van der Waals surface area contributed by atoms with Gasteiger partial charge in [0.25, 0.3) is 0 Å². The minimum Gasteiger partial charge on any atom is -0.356 e. The van der Waals surface area contributed by atoms with Crippen molar-refractivity contribution < 1.29 is 19.1 Å². The van der Waals surface area contributed by atoms with Gasteiger partial charge in [-0.25, -0.2) is 0 Å². The van der Waals surface area contributed by atoms with E-state index in [1.54, 1.807) is 12.1 Å². The Kier molecular flexibility index (Phi) is 7.70. The van der Waals surface area contributed by atoms with Gasteiger partial charge in [0.1, 0.15) is 0 Å². The first-order valence-corrected chi connectivity index (χ1v) is 9.14. The Balaban J connectivity index is 2.50. The van der Waals surface area contributed by atoms with E-state index in [-0.39, 0.29) is 5.78 Å². The number of ether oxygens (including phenoxy) is 2. The third kappa shape index (κ3) is 5.25. The molecule has 0 aliphatic rings. The fourth-order valence-electron chi connectivity index (χ4n) is 2.67. The molecule has 0 unspecified atom stereocenters. The molecule has 5 nitrogen and oxygen atoms in total. The van der Waals surface area contributed by atoms with Gasteiger partial charge in [-0.05, 0) is 46.2 Å². The first kappa shape index (κ1) is 20.8. The van der Waals surface area contributed by atoms with E-state index in [1.807, 2.05) is 65.0 Å². The highest BCUT2D eigenvalue weighted by atomic mass is 16.7. The van der Waals surface area contributed by atoms with E-state index in [0.29, 0.717) is 35.7 Å². The predicted molar refractivity (Wildman–Crippen MR) is 106 cm³/mol. The number of carbonyl (C=O) groups is 1. The van der Waals surface area contributed by atoms with Crippen molar-refractivity contribution in [2.45, 2.75) is 40.9 Å². The Morgan fingerprint density at radius 1 is 0.963 bits per heavy atom. The minimum absolute atomic E-state index is 0.155. The summed E-state index contributed by atoms with van der Waals surface area (Å²) in [6, 6.07) is 12.8. The largest absolute Gasteiger partial charge is 0.356 e. The first-order chi connectivity index (χ1) is 13.0. The molecule has 144 valence electrons. The van der Waals surface area contributed by atoms with E-state index in [4.69, 9.17) is 14.3 Å². The average Bonchev–Trinajstić information content (AvgIpc) is 2.66. The number of hydrogen-bond acceptors (Lipinski definition) is 5. The Morgan fingerprint density at radius 2 is 1.59 bits per heavy atom. The number of nitrogens with zero attached hydrogens (tertiary/aromatic N) is 1. The van der Waals surface area contributed by atoms with Gasteiger partial charge in [0.15, 0.2) is 17.8 Å². The summed E-state index contributed by atoms with van der Waals surface area (Å²) in [5.41, 5.74) is 3.30. The lowest BCUT2D eigenvalue weighted by atomic mass is 9.96. The zero-order chi connectivity index (χ0) is 19.8. The van der Waals surface area contributed by atoms with E-state index in [1.165, 1.54) is 0 Å². The van der Waals surface area contributed by atoms with Gasteiger partial charge < -0.3 is 14.3 Å². The van der Waals surface area contributed by atoms with E-state index in [9.17, 15) is 4.79 Å². The molecule has 0 radical (unpaired) electrons. The SMILES string of the molecule is CCOC(OCC)c1ccccc1C(=O)c1cccc(C)c1ON=C(C)C. The van der Waals surface area contributed by atoms with Crippen LogP contribution in [0.4, 0.5) is 0 Å². The van der Waals surface area contributed by atoms with Crippen LogP contribution >= 0.6 is 0 Å². The van der Waals surface area contributed by atoms with Crippen LogP contribution in [0.5, 0.6) is 5.75 Å². The molecule has 2 aromatic rings. The van der Waals surface area contributed by atoms with E-state index in [2.05, 4.69) is 5.16 Å². The van der Waals surface area contributed by atoms with Crippen molar-refractivity contribution in [1.82, 2.24) is 0 Å². The molecule has 0 aliphatic heterocycles. The van der Waals surface area contributed by atoms with Gasteiger partial charge in [0.2, 0.25) is 0 Å². The standard InChI is InChI=1S/C22H27NO4/c1-6-25-22(26-7-2)18-13-9-8-12-17(18)20(24)19-14-10-11-16(5)21(19)27-23-15(3)4/h8-14,22H,6-7H2,1-5H3. The maximum atomic E-state index is 13.4. The molecule has 5 heteroatoms. The monoisotopic (exact) mass is 369 g/mol. The molecule has 0 amide bonds. The van der Waals surface area contributed by atoms with Gasteiger partial charge in [-0.15, -0.1) is 0 Å². The van der Waals surface area contributed by atoms with Crippen LogP contribution in [-0.2, 0) is 9.47 Å². The highest BCUT2D eigenvalue weighted by Crippen LogP contribution is 2.30. The Morgan fingerprint density at radius 3 is 2.22 bits per heavy atom. The zero-order valence-corrected chi connectivity index (χ0v) is 16.6. The van der Waals surface area contributed by atoms with E-state index >= 15 is 0 Å². The van der Waals surface area contributed by atoms with Crippen LogP contribution < -0.4 is 4.84 Å². The summed E-state index contributed by atoms with van der Waals surface area (Å²) in [7, 11) is 0. The lowest BCUT2D eigenvalue weighted by molar-refractivity contribution is -0.140. The van der Waals surface area contributed by atoms with Gasteiger partial charge in [-0.2, -0.15) is 0 Å². The maximum Gasteiger partial charge on any atom is 0.197 e. The molecule has 0 aromatic heterocycles. The van der Waals surface area contributed by atoms with E-state index in [0.717, 1.165) is 11.3 Å². The molecule has 0 saturated carbocycles. The van der Waals surface area contributed by atoms with Gasteiger partial charge in [-0.1, -0.05) is 41.6 Å². The molecule has 0 spiro atoms. The molecule has 0 heterocycles. The fourth-order valence-corrected chi connectivity index (χ4v) is 2.67. The summed E-state index contributed by atoms with van der Waals surface area (Å²) in [5, 5.41) is 4.02. The molecule has 0 bridgehead atoms. The summed E-state index contributed by atoms with van der Waals surface area (Å²) in [5.74, 6) is 0.306. The topological polar surface area (TPSA) is 57.1 Å². The summed E-state index contributed by atoms with van der Waals surface area (Å²) in [6.45, 7) is 10.3. The van der Waals surface area contributed by atoms with Crippen molar-refractivity contribution in [3.05, 3.63) is 64.7 Å². The Labute approximate surface area is 160 Å². The summed E-state index contributed by atoms with van der Waals surface area (Å²) in [6.07, 6.45) is -0.592. The van der Waals surface area contributed by atoms with Gasteiger partial charge in [-0.3, -0.25) is 4.79 Å². The molecule has 27 heavy (non-hydrogen) atoms. The van der Waals surface area contributed by atoms with E-state index < -0.39 is 6.29 Å². The number of carbonyl (C=O) groups excluding carboxylic acids is 1. The van der Waals surface area contributed by atoms with Crippen LogP contribution in [0.2, 0.25) is 0 Å². The van der Waals surface area contributed by atoms with Crippen molar-refractivity contribution >= 4 is 11.5 Å². The molecule has 0 aliphatic carbocycles. The Hall–Kier alpha value is -2.50. The van der Waals surface area contributed by atoms with Crippen LogP contribution in [0.3, 0.4) is 0 Å². The predicted octanol–water partition coefficient (Wildman–Crippen LogP) is 5.07. The molecular weight excluding hydrogens is 342 g/mol. The third-order valence-electron chi connectivity index (χ3n) is 3.87. The summed E-state index contributed by atoms with van der Waals surface area (Å²) >= 11 is 0. The van der Waals surface area contributed by atoms with Crippen LogP contribution in [0.1, 0.15) is 61.0 Å². The molecule has 0 fully saturated rings. The van der Waals surface area contributed by atoms with Crippen LogP contribution in [0, 0.1) is 6.92 Å².